The number of carbonyl (C=O) groups excluding carboxylic acids is 2. The van der Waals surface area contributed by atoms with Gasteiger partial charge in [-0.15, -0.1) is 0 Å². The third-order valence-electron chi connectivity index (χ3n) is 20.3. The van der Waals surface area contributed by atoms with E-state index in [0.717, 1.165) is 174 Å². The second-order valence-corrected chi connectivity index (χ2v) is 29.5. The van der Waals surface area contributed by atoms with Gasteiger partial charge < -0.3 is 38.5 Å². The SMILES string of the molecule is CCCCC(C)(C)OC(=O)OCc1ccc(N(c2ccccc2)c2ccc(-c3ccc(-c4ccc(N(c5ccccc5)c5ccc(-c6ccc(N(c7ccccc7)c7ccc(-c8ccc(-c9ccc(N(c%10ccccc%10)c%10ccc(COC(=O)OC(C)(C)CCCC)cc%10)cc9)cc8)cc7)cc6)cc5)cc4)cc3)cc2)cc1. The molecule has 112 heavy (non-hydrogen) atoms. The van der Waals surface area contributed by atoms with Crippen LogP contribution in [0.1, 0.15) is 91.2 Å². The normalized spacial score (nSPS) is 11.3. The van der Waals surface area contributed by atoms with Crippen molar-refractivity contribution in [3.63, 3.8) is 0 Å². The van der Waals surface area contributed by atoms with E-state index in [4.69, 9.17) is 18.9 Å². The molecule has 10 nitrogen and oxygen atoms in total. The van der Waals surface area contributed by atoms with Crippen molar-refractivity contribution in [2.24, 2.45) is 0 Å². The number of carbonyl (C=O) groups is 2. The van der Waals surface area contributed by atoms with Crippen molar-refractivity contribution < 1.29 is 28.5 Å². The Labute approximate surface area is 660 Å². The van der Waals surface area contributed by atoms with Crippen LogP contribution in [0.2, 0.25) is 0 Å². The van der Waals surface area contributed by atoms with Gasteiger partial charge in [0.2, 0.25) is 0 Å². The summed E-state index contributed by atoms with van der Waals surface area (Å²) in [6.45, 7) is 12.2. The molecule has 0 saturated heterocycles. The molecule has 0 aliphatic heterocycles. The lowest BCUT2D eigenvalue weighted by molar-refractivity contribution is -0.0255. The van der Waals surface area contributed by atoms with Crippen LogP contribution in [0.4, 0.5) is 77.8 Å². The highest BCUT2D eigenvalue weighted by Crippen LogP contribution is 2.43. The summed E-state index contributed by atoms with van der Waals surface area (Å²) in [5.74, 6) is 0. The van der Waals surface area contributed by atoms with E-state index >= 15 is 0 Å². The predicted octanol–water partition coefficient (Wildman–Crippen LogP) is 29.1. The molecule has 0 atom stereocenters. The molecule has 14 aromatic carbocycles. The number of rotatable bonds is 29. The largest absolute Gasteiger partial charge is 0.509 e. The van der Waals surface area contributed by atoms with Crippen molar-refractivity contribution in [3.8, 4) is 55.6 Å². The average molecular weight is 1470 g/mol. The maximum atomic E-state index is 12.6. The Hall–Kier alpha value is -13.2. The summed E-state index contributed by atoms with van der Waals surface area (Å²) in [5.41, 5.74) is 24.3. The van der Waals surface area contributed by atoms with E-state index in [0.29, 0.717) is 0 Å². The molecule has 14 aromatic rings. The van der Waals surface area contributed by atoms with Crippen LogP contribution in [-0.2, 0) is 32.2 Å². The van der Waals surface area contributed by atoms with E-state index in [1.807, 2.05) is 88.4 Å². The summed E-state index contributed by atoms with van der Waals surface area (Å²) in [4.78, 5) is 34.3. The fourth-order valence-electron chi connectivity index (χ4n) is 14.2. The van der Waals surface area contributed by atoms with Crippen LogP contribution in [0, 0.1) is 0 Å². The van der Waals surface area contributed by atoms with Crippen LogP contribution in [0.5, 0.6) is 0 Å². The third kappa shape index (κ3) is 18.9. The molecule has 0 saturated carbocycles. The van der Waals surface area contributed by atoms with Crippen LogP contribution in [-0.4, -0.2) is 23.5 Å². The van der Waals surface area contributed by atoms with Crippen molar-refractivity contribution in [1.82, 2.24) is 0 Å². The van der Waals surface area contributed by atoms with Gasteiger partial charge in [-0.25, -0.2) is 9.59 Å². The van der Waals surface area contributed by atoms with Gasteiger partial charge in [0.15, 0.2) is 0 Å². The van der Waals surface area contributed by atoms with E-state index in [-0.39, 0.29) is 13.2 Å². The fraction of sp³-hybridized carbons (Fsp3) is 0.157. The van der Waals surface area contributed by atoms with Gasteiger partial charge in [-0.3, -0.25) is 0 Å². The van der Waals surface area contributed by atoms with E-state index in [9.17, 15) is 9.59 Å². The molecule has 10 heteroatoms. The zero-order valence-corrected chi connectivity index (χ0v) is 64.5. The number of ether oxygens (including phenoxy) is 4. The molecule has 0 unspecified atom stereocenters. The average Bonchev–Trinajstić information content (AvgIpc) is 0.801. The molecule has 0 heterocycles. The maximum absolute atomic E-state index is 12.6. The first-order valence-electron chi connectivity index (χ1n) is 38.8. The molecule has 0 aliphatic carbocycles. The van der Waals surface area contributed by atoms with Crippen LogP contribution < -0.4 is 19.6 Å². The van der Waals surface area contributed by atoms with Gasteiger partial charge in [0, 0.05) is 68.2 Å². The first-order valence-corrected chi connectivity index (χ1v) is 38.8. The van der Waals surface area contributed by atoms with E-state index < -0.39 is 23.5 Å². The maximum Gasteiger partial charge on any atom is 0.509 e. The zero-order chi connectivity index (χ0) is 77.2. The Bertz CT molecular complexity index is 4980. The van der Waals surface area contributed by atoms with Crippen molar-refractivity contribution in [2.45, 2.75) is 104 Å². The van der Waals surface area contributed by atoms with Crippen LogP contribution in [0.3, 0.4) is 0 Å². The Morgan fingerprint density at radius 1 is 0.232 bits per heavy atom. The number of unbranched alkanes of at least 4 members (excludes halogenated alkanes) is 2. The smallest absolute Gasteiger partial charge is 0.429 e. The zero-order valence-electron chi connectivity index (χ0n) is 64.5. The summed E-state index contributed by atoms with van der Waals surface area (Å²) in [6, 6.07) is 128. The first-order chi connectivity index (χ1) is 54.7. The van der Waals surface area contributed by atoms with Gasteiger partial charge in [-0.1, -0.05) is 245 Å². The van der Waals surface area contributed by atoms with E-state index in [1.165, 1.54) is 0 Å². The highest BCUT2D eigenvalue weighted by Gasteiger charge is 2.26. The summed E-state index contributed by atoms with van der Waals surface area (Å²) in [6.07, 6.45) is 4.31. The molecule has 0 bridgehead atoms. The van der Waals surface area contributed by atoms with Crippen molar-refractivity contribution in [2.75, 3.05) is 19.6 Å². The van der Waals surface area contributed by atoms with E-state index in [2.05, 4.69) is 337 Å². The molecule has 558 valence electrons. The fourth-order valence-corrected chi connectivity index (χ4v) is 14.2. The first kappa shape index (κ1) is 75.6. The second-order valence-electron chi connectivity index (χ2n) is 29.5. The van der Waals surface area contributed by atoms with Gasteiger partial charge in [0.05, 0.1) is 0 Å². The molecule has 0 fully saturated rings. The quantitative estimate of drug-likeness (QED) is 0.0423. The summed E-state index contributed by atoms with van der Waals surface area (Å²) in [7, 11) is 0. The summed E-state index contributed by atoms with van der Waals surface area (Å²) >= 11 is 0. The highest BCUT2D eigenvalue weighted by atomic mass is 16.7. The van der Waals surface area contributed by atoms with Crippen LogP contribution in [0.25, 0.3) is 55.6 Å². The molecule has 0 radical (unpaired) electrons. The van der Waals surface area contributed by atoms with Gasteiger partial charge in [0.25, 0.3) is 0 Å². The third-order valence-corrected chi connectivity index (χ3v) is 20.3. The van der Waals surface area contributed by atoms with Gasteiger partial charge in [-0.2, -0.15) is 0 Å². The predicted molar refractivity (Wildman–Crippen MR) is 462 cm³/mol. The molecule has 14 rings (SSSR count). The summed E-state index contributed by atoms with van der Waals surface area (Å²) < 4.78 is 22.3. The monoisotopic (exact) mass is 1470 g/mol. The molecule has 0 aliphatic rings. The lowest BCUT2D eigenvalue weighted by Crippen LogP contribution is -2.28. The minimum atomic E-state index is -0.651. The van der Waals surface area contributed by atoms with Gasteiger partial charge in [-0.05, 0) is 266 Å². The number of hydrogen-bond acceptors (Lipinski definition) is 10. The minimum Gasteiger partial charge on any atom is -0.429 e. The van der Waals surface area contributed by atoms with Crippen LogP contribution >= 0.6 is 0 Å². The molecular weight excluding hydrogens is 1380 g/mol. The lowest BCUT2D eigenvalue weighted by atomic mass is 9.99. The number of nitrogens with zero attached hydrogens (tertiary/aromatic N) is 4. The number of benzene rings is 14. The number of hydrogen-bond donors (Lipinski definition) is 0. The topological polar surface area (TPSA) is 84.0 Å². The molecular formula is C102H94N4O6. The van der Waals surface area contributed by atoms with Gasteiger partial charge in [0.1, 0.15) is 24.4 Å². The Morgan fingerprint density at radius 2 is 0.393 bits per heavy atom. The second kappa shape index (κ2) is 35.5. The Balaban J connectivity index is 0.617. The van der Waals surface area contributed by atoms with Crippen molar-refractivity contribution >= 4 is 80.6 Å². The minimum absolute atomic E-state index is 0.127. The molecule has 0 N–H and O–H groups in total. The number of para-hydroxylation sites is 4. The van der Waals surface area contributed by atoms with Gasteiger partial charge >= 0.3 is 12.3 Å². The van der Waals surface area contributed by atoms with Crippen molar-refractivity contribution in [1.29, 1.82) is 0 Å². The Kier molecular flexibility index (Phi) is 23.9. The van der Waals surface area contributed by atoms with Crippen molar-refractivity contribution in [3.05, 3.63) is 375 Å². The molecule has 0 amide bonds. The summed E-state index contributed by atoms with van der Waals surface area (Å²) in [5, 5.41) is 0. The Morgan fingerprint density at radius 3 is 0.571 bits per heavy atom. The molecule has 0 spiro atoms. The van der Waals surface area contributed by atoms with Crippen LogP contribution in [0.15, 0.2) is 364 Å². The molecule has 0 aromatic heterocycles. The van der Waals surface area contributed by atoms with E-state index in [1.54, 1.807) is 0 Å². The number of anilines is 12. The lowest BCUT2D eigenvalue weighted by Gasteiger charge is -2.26. The standard InChI is InChI=1S/C102H94N4O6/c1-7-9-71-101(3,4)111-99(107)109-73-75-31-55-91(56-32-75)103(87-23-15-11-16-24-87)93-59-43-81(44-60-93)77-35-39-79(40-36-77)83-47-63-95(64-48-83)105(89-27-19-13-20-28-89)97-67-51-85(52-68-97)86-53-69-98(70-54-86)106(90-29-21-14-22-30-90)96-65-49-84(50-66-96)80-41-37-78(38-42-80)82-45-61-94(62-46-82)104(88-25-17-12-18-26-88)92-57-33-76(34-58-92)74-110-100(108)112-102(5,6)72-10-8-2/h11-70H,7-10,71-74H2,1-6H3. The highest BCUT2D eigenvalue weighted by molar-refractivity contribution is 5.85.